The van der Waals surface area contributed by atoms with Gasteiger partial charge in [0.1, 0.15) is 5.76 Å². The van der Waals surface area contributed by atoms with Crippen molar-refractivity contribution < 1.29 is 14.3 Å². The largest absolute Gasteiger partial charge is 0.481 e. The van der Waals surface area contributed by atoms with Crippen LogP contribution in [0.15, 0.2) is 16.7 Å². The zero-order chi connectivity index (χ0) is 12.3. The van der Waals surface area contributed by atoms with Crippen LogP contribution in [0.3, 0.4) is 0 Å². The third-order valence-electron chi connectivity index (χ3n) is 3.54. The Morgan fingerprint density at radius 1 is 1.59 bits per heavy atom. The highest BCUT2D eigenvalue weighted by atomic mass is 16.4. The van der Waals surface area contributed by atoms with E-state index in [1.54, 1.807) is 6.26 Å². The minimum absolute atomic E-state index is 0.182. The van der Waals surface area contributed by atoms with Crippen molar-refractivity contribution in [3.63, 3.8) is 0 Å². The molecule has 0 amide bonds. The number of aliphatic carboxylic acids is 1. The van der Waals surface area contributed by atoms with Crippen LogP contribution < -0.4 is 5.32 Å². The highest BCUT2D eigenvalue weighted by molar-refractivity contribution is 5.70. The number of carbonyl (C=O) groups is 1. The molecule has 2 rings (SSSR count). The van der Waals surface area contributed by atoms with Crippen LogP contribution in [0.1, 0.15) is 37.0 Å². The number of nitrogens with one attached hydrogen (secondary N) is 1. The Labute approximate surface area is 101 Å². The minimum Gasteiger partial charge on any atom is -0.481 e. The van der Waals surface area contributed by atoms with E-state index < -0.39 is 5.97 Å². The lowest BCUT2D eigenvalue weighted by atomic mass is 9.86. The number of rotatable bonds is 4. The molecule has 1 saturated carbocycles. The van der Waals surface area contributed by atoms with Crippen LogP contribution in [-0.4, -0.2) is 17.1 Å². The third-order valence-corrected chi connectivity index (χ3v) is 3.54. The molecule has 1 aromatic rings. The van der Waals surface area contributed by atoms with Gasteiger partial charge in [0.05, 0.1) is 18.7 Å². The molecule has 2 unspecified atom stereocenters. The molecular weight excluding hydrogens is 218 g/mol. The number of hydrogen-bond acceptors (Lipinski definition) is 3. The van der Waals surface area contributed by atoms with Crippen molar-refractivity contribution in [2.75, 3.05) is 0 Å². The Morgan fingerprint density at radius 2 is 2.41 bits per heavy atom. The van der Waals surface area contributed by atoms with Gasteiger partial charge in [-0.2, -0.15) is 0 Å². The van der Waals surface area contributed by atoms with Crippen LogP contribution in [0, 0.1) is 12.8 Å². The highest BCUT2D eigenvalue weighted by Gasteiger charge is 2.26. The van der Waals surface area contributed by atoms with Gasteiger partial charge in [-0.05, 0) is 37.8 Å². The van der Waals surface area contributed by atoms with E-state index in [-0.39, 0.29) is 5.92 Å². The zero-order valence-electron chi connectivity index (χ0n) is 10.1. The molecule has 4 nitrogen and oxygen atoms in total. The molecule has 17 heavy (non-hydrogen) atoms. The number of carboxylic acid groups (broad SMARTS) is 1. The number of carboxylic acids is 1. The van der Waals surface area contributed by atoms with E-state index >= 15 is 0 Å². The maximum absolute atomic E-state index is 10.9. The van der Waals surface area contributed by atoms with Crippen LogP contribution >= 0.6 is 0 Å². The fourth-order valence-electron chi connectivity index (χ4n) is 2.42. The number of aryl methyl sites for hydroxylation is 1. The second-order valence-electron chi connectivity index (χ2n) is 4.81. The zero-order valence-corrected chi connectivity index (χ0v) is 10.1. The molecule has 0 spiro atoms. The van der Waals surface area contributed by atoms with E-state index in [1.165, 1.54) is 0 Å². The van der Waals surface area contributed by atoms with Crippen LogP contribution in [0.5, 0.6) is 0 Å². The van der Waals surface area contributed by atoms with Gasteiger partial charge < -0.3 is 14.8 Å². The highest BCUT2D eigenvalue weighted by Crippen LogP contribution is 2.24. The molecule has 2 atom stereocenters. The Hall–Kier alpha value is -1.29. The summed E-state index contributed by atoms with van der Waals surface area (Å²) in [6, 6.07) is 2.24. The minimum atomic E-state index is -0.661. The molecule has 0 aromatic carbocycles. The summed E-state index contributed by atoms with van der Waals surface area (Å²) in [5.74, 6) is 0.104. The summed E-state index contributed by atoms with van der Waals surface area (Å²) in [5.41, 5.74) is 1.14. The predicted octanol–water partition coefficient (Wildman–Crippen LogP) is 2.32. The van der Waals surface area contributed by atoms with Crippen molar-refractivity contribution >= 4 is 5.97 Å². The SMILES string of the molecule is Cc1ccoc1CNC1CCCC(C(=O)O)C1. The van der Waals surface area contributed by atoms with Gasteiger partial charge in [0.15, 0.2) is 0 Å². The molecule has 1 aliphatic rings. The van der Waals surface area contributed by atoms with Crippen molar-refractivity contribution in [2.24, 2.45) is 5.92 Å². The van der Waals surface area contributed by atoms with Gasteiger partial charge in [-0.15, -0.1) is 0 Å². The van der Waals surface area contributed by atoms with Crippen molar-refractivity contribution in [1.82, 2.24) is 5.32 Å². The van der Waals surface area contributed by atoms with Crippen LogP contribution in [0.2, 0.25) is 0 Å². The number of hydrogen-bond donors (Lipinski definition) is 2. The van der Waals surface area contributed by atoms with Crippen molar-refractivity contribution in [2.45, 2.75) is 45.2 Å². The van der Waals surface area contributed by atoms with Crippen LogP contribution in [0.25, 0.3) is 0 Å². The molecule has 1 aromatic heterocycles. The van der Waals surface area contributed by atoms with E-state index in [0.717, 1.165) is 37.0 Å². The molecule has 0 saturated heterocycles. The lowest BCUT2D eigenvalue weighted by Gasteiger charge is -2.27. The molecule has 2 N–H and O–H groups in total. The Bertz CT molecular complexity index is 386. The molecule has 4 heteroatoms. The van der Waals surface area contributed by atoms with Gasteiger partial charge >= 0.3 is 5.97 Å². The van der Waals surface area contributed by atoms with E-state index in [2.05, 4.69) is 5.32 Å². The Morgan fingerprint density at radius 3 is 3.06 bits per heavy atom. The lowest BCUT2D eigenvalue weighted by molar-refractivity contribution is -0.143. The molecule has 1 fully saturated rings. The molecular formula is C13H19NO3. The van der Waals surface area contributed by atoms with Crippen molar-refractivity contribution in [3.8, 4) is 0 Å². The average molecular weight is 237 g/mol. The predicted molar refractivity (Wildman–Crippen MR) is 63.7 cm³/mol. The first-order valence-electron chi connectivity index (χ1n) is 6.16. The summed E-state index contributed by atoms with van der Waals surface area (Å²) in [7, 11) is 0. The maximum Gasteiger partial charge on any atom is 0.306 e. The second-order valence-corrected chi connectivity index (χ2v) is 4.81. The van der Waals surface area contributed by atoms with Gasteiger partial charge in [-0.25, -0.2) is 0 Å². The molecule has 94 valence electrons. The summed E-state index contributed by atoms with van der Waals surface area (Å²) in [5, 5.41) is 12.4. The van der Waals surface area contributed by atoms with E-state index in [1.807, 2.05) is 13.0 Å². The first-order valence-corrected chi connectivity index (χ1v) is 6.16. The Balaban J connectivity index is 1.83. The summed E-state index contributed by atoms with van der Waals surface area (Å²) in [4.78, 5) is 10.9. The first-order chi connectivity index (χ1) is 8.16. The fourth-order valence-corrected chi connectivity index (χ4v) is 2.42. The van der Waals surface area contributed by atoms with Gasteiger partial charge in [0.25, 0.3) is 0 Å². The molecule has 0 radical (unpaired) electrons. The van der Waals surface area contributed by atoms with Crippen molar-refractivity contribution in [1.29, 1.82) is 0 Å². The van der Waals surface area contributed by atoms with E-state index in [9.17, 15) is 4.79 Å². The molecule has 1 aliphatic carbocycles. The molecule has 0 aliphatic heterocycles. The lowest BCUT2D eigenvalue weighted by Crippen LogP contribution is -2.36. The standard InChI is InChI=1S/C13H19NO3/c1-9-5-6-17-12(9)8-14-11-4-2-3-10(7-11)13(15)16/h5-6,10-11,14H,2-4,7-8H2,1H3,(H,15,16). The smallest absolute Gasteiger partial charge is 0.306 e. The third kappa shape index (κ3) is 3.09. The second kappa shape index (κ2) is 5.36. The average Bonchev–Trinajstić information content (AvgIpc) is 2.72. The van der Waals surface area contributed by atoms with Crippen molar-refractivity contribution in [3.05, 3.63) is 23.7 Å². The topological polar surface area (TPSA) is 62.5 Å². The quantitative estimate of drug-likeness (QED) is 0.843. The first kappa shape index (κ1) is 12.2. The normalized spacial score (nSPS) is 24.8. The van der Waals surface area contributed by atoms with Gasteiger partial charge in [-0.3, -0.25) is 4.79 Å². The van der Waals surface area contributed by atoms with Gasteiger partial charge in [0.2, 0.25) is 0 Å². The molecule has 0 bridgehead atoms. The molecule has 1 heterocycles. The van der Waals surface area contributed by atoms with E-state index in [0.29, 0.717) is 12.6 Å². The van der Waals surface area contributed by atoms with Crippen LogP contribution in [-0.2, 0) is 11.3 Å². The fraction of sp³-hybridized carbons (Fsp3) is 0.615. The van der Waals surface area contributed by atoms with Gasteiger partial charge in [0, 0.05) is 6.04 Å². The summed E-state index contributed by atoms with van der Waals surface area (Å²) in [6.45, 7) is 2.71. The summed E-state index contributed by atoms with van der Waals surface area (Å²) < 4.78 is 5.35. The monoisotopic (exact) mass is 237 g/mol. The summed E-state index contributed by atoms with van der Waals surface area (Å²) in [6.07, 6.45) is 5.28. The van der Waals surface area contributed by atoms with Gasteiger partial charge in [-0.1, -0.05) is 6.42 Å². The van der Waals surface area contributed by atoms with Crippen LogP contribution in [0.4, 0.5) is 0 Å². The summed E-state index contributed by atoms with van der Waals surface area (Å²) >= 11 is 0. The maximum atomic E-state index is 10.9. The number of furan rings is 1. The van der Waals surface area contributed by atoms with E-state index in [4.69, 9.17) is 9.52 Å². The Kier molecular flexibility index (Phi) is 3.84.